The van der Waals surface area contributed by atoms with Crippen LogP contribution in [0.3, 0.4) is 0 Å². The molecule has 168 valence electrons. The van der Waals surface area contributed by atoms with E-state index >= 15 is 0 Å². The Kier molecular flexibility index (Phi) is 5.87. The van der Waals surface area contributed by atoms with E-state index < -0.39 is 26.2 Å². The first kappa shape index (κ1) is 23.2. The van der Waals surface area contributed by atoms with Crippen LogP contribution in [-0.4, -0.2) is 23.7 Å². The van der Waals surface area contributed by atoms with Crippen LogP contribution in [-0.2, 0) is 26.8 Å². The third-order valence-electron chi connectivity index (χ3n) is 5.07. The van der Waals surface area contributed by atoms with Gasteiger partial charge in [0.2, 0.25) is 11.0 Å². The molecule has 4 rings (SSSR count). The SMILES string of the molecule is CC1(C)C(=O)N(Cc2cc(F)c(S(=O)(=O)Nc3ncns3)cc2Cl)c2ccc(Cl)c(Cl)c21. The lowest BCUT2D eigenvalue weighted by Gasteiger charge is -2.21. The monoisotopic (exact) mass is 534 g/mol. The maximum atomic E-state index is 14.8. The van der Waals surface area contributed by atoms with Gasteiger partial charge in [0.15, 0.2) is 0 Å². The van der Waals surface area contributed by atoms with E-state index in [0.29, 0.717) is 16.3 Å². The van der Waals surface area contributed by atoms with Crippen molar-refractivity contribution in [3.63, 3.8) is 0 Å². The lowest BCUT2D eigenvalue weighted by atomic mass is 9.86. The highest BCUT2D eigenvalue weighted by atomic mass is 35.5. The van der Waals surface area contributed by atoms with Crippen molar-refractivity contribution in [1.82, 2.24) is 9.36 Å². The minimum Gasteiger partial charge on any atom is -0.307 e. The number of nitrogens with one attached hydrogen (secondary N) is 1. The molecular formula is C19H14Cl3FN4O3S2. The van der Waals surface area contributed by atoms with Crippen LogP contribution in [0.1, 0.15) is 25.0 Å². The third kappa shape index (κ3) is 3.84. The molecule has 2 heterocycles. The Morgan fingerprint density at radius 3 is 2.56 bits per heavy atom. The molecule has 13 heteroatoms. The molecule has 0 spiro atoms. The standard InChI is InChI=1S/C19H14Cl3FN4O3S2/c1-19(2)15-13(4-3-10(20)16(15)22)27(17(19)28)7-9-5-12(23)14(6-11(9)21)32(29,30)26-18-24-8-25-31-18/h3-6,8H,7H2,1-2H3,(H,24,25,26). The molecule has 1 N–H and O–H groups in total. The number of halogens is 4. The molecule has 0 aliphatic carbocycles. The zero-order valence-electron chi connectivity index (χ0n) is 16.5. The van der Waals surface area contributed by atoms with Crippen LogP contribution in [0.25, 0.3) is 0 Å². The first-order chi connectivity index (χ1) is 14.9. The second-order valence-electron chi connectivity index (χ2n) is 7.50. The topological polar surface area (TPSA) is 92.3 Å². The van der Waals surface area contributed by atoms with Gasteiger partial charge in [0, 0.05) is 27.8 Å². The number of carbonyl (C=O) groups is 1. The highest BCUT2D eigenvalue weighted by Crippen LogP contribution is 2.48. The first-order valence-electron chi connectivity index (χ1n) is 9.01. The molecule has 0 saturated carbocycles. The summed E-state index contributed by atoms with van der Waals surface area (Å²) in [4.78, 5) is 17.6. The number of amides is 1. The van der Waals surface area contributed by atoms with E-state index in [4.69, 9.17) is 34.8 Å². The zero-order chi connectivity index (χ0) is 23.4. The molecule has 1 aliphatic rings. The third-order valence-corrected chi connectivity index (χ3v) is 8.29. The van der Waals surface area contributed by atoms with Gasteiger partial charge in [-0.05, 0) is 43.7 Å². The molecule has 0 radical (unpaired) electrons. The predicted octanol–water partition coefficient (Wildman–Crippen LogP) is 5.26. The Morgan fingerprint density at radius 1 is 1.19 bits per heavy atom. The molecule has 0 atom stereocenters. The molecular weight excluding hydrogens is 522 g/mol. The van der Waals surface area contributed by atoms with Gasteiger partial charge in [0.1, 0.15) is 17.0 Å². The summed E-state index contributed by atoms with van der Waals surface area (Å²) >= 11 is 19.6. The van der Waals surface area contributed by atoms with E-state index in [1.165, 1.54) is 11.2 Å². The van der Waals surface area contributed by atoms with Gasteiger partial charge in [-0.2, -0.15) is 4.37 Å². The second kappa shape index (κ2) is 8.11. The molecule has 7 nitrogen and oxygen atoms in total. The molecule has 3 aromatic rings. The summed E-state index contributed by atoms with van der Waals surface area (Å²) in [6.45, 7) is 3.34. The number of anilines is 2. The fourth-order valence-corrected chi connectivity index (χ4v) is 6.12. The van der Waals surface area contributed by atoms with Crippen molar-refractivity contribution in [1.29, 1.82) is 0 Å². The lowest BCUT2D eigenvalue weighted by Crippen LogP contribution is -2.36. The molecule has 0 unspecified atom stereocenters. The van der Waals surface area contributed by atoms with Crippen molar-refractivity contribution in [2.45, 2.75) is 30.7 Å². The van der Waals surface area contributed by atoms with Gasteiger partial charge < -0.3 is 4.90 Å². The average molecular weight is 536 g/mol. The summed E-state index contributed by atoms with van der Waals surface area (Å²) in [5.74, 6) is -1.30. The highest BCUT2D eigenvalue weighted by molar-refractivity contribution is 7.93. The van der Waals surface area contributed by atoms with E-state index in [1.54, 1.807) is 26.0 Å². The largest absolute Gasteiger partial charge is 0.307 e. The number of rotatable bonds is 5. The summed E-state index contributed by atoms with van der Waals surface area (Å²) in [5.41, 5.74) is 0.355. The molecule has 1 aliphatic heterocycles. The minimum absolute atomic E-state index is 0.0124. The van der Waals surface area contributed by atoms with Crippen LogP contribution in [0, 0.1) is 5.82 Å². The van der Waals surface area contributed by atoms with Crippen LogP contribution < -0.4 is 9.62 Å². The molecule has 0 fully saturated rings. The number of carbonyl (C=O) groups excluding carboxylic acids is 1. The normalized spacial score (nSPS) is 15.2. The van der Waals surface area contributed by atoms with E-state index in [2.05, 4.69) is 14.1 Å². The van der Waals surface area contributed by atoms with Crippen molar-refractivity contribution in [2.24, 2.45) is 0 Å². The number of benzene rings is 2. The number of sulfonamides is 1. The number of hydrogen-bond donors (Lipinski definition) is 1. The van der Waals surface area contributed by atoms with Crippen LogP contribution in [0.4, 0.5) is 15.2 Å². The number of aromatic nitrogens is 2. The number of nitrogens with zero attached hydrogens (tertiary/aromatic N) is 3. The lowest BCUT2D eigenvalue weighted by molar-refractivity contribution is -0.122. The van der Waals surface area contributed by atoms with Gasteiger partial charge in [-0.15, -0.1) is 0 Å². The molecule has 0 saturated heterocycles. The van der Waals surface area contributed by atoms with E-state index in [-0.39, 0.29) is 33.2 Å². The average Bonchev–Trinajstić information content (AvgIpc) is 3.27. The smallest absolute Gasteiger partial charge is 0.266 e. The fraction of sp³-hybridized carbons (Fsp3) is 0.211. The van der Waals surface area contributed by atoms with Gasteiger partial charge in [-0.3, -0.25) is 9.52 Å². The first-order valence-corrected chi connectivity index (χ1v) is 12.4. The van der Waals surface area contributed by atoms with Crippen LogP contribution in [0.5, 0.6) is 0 Å². The van der Waals surface area contributed by atoms with Crippen molar-refractivity contribution in [3.05, 3.63) is 62.6 Å². The summed E-state index contributed by atoms with van der Waals surface area (Å²) < 4.78 is 45.7. The Hall–Kier alpha value is -1.98. The van der Waals surface area contributed by atoms with E-state index in [9.17, 15) is 17.6 Å². The summed E-state index contributed by atoms with van der Waals surface area (Å²) in [6.07, 6.45) is 1.17. The second-order valence-corrected chi connectivity index (χ2v) is 11.1. The van der Waals surface area contributed by atoms with Gasteiger partial charge >= 0.3 is 0 Å². The van der Waals surface area contributed by atoms with Gasteiger partial charge in [0.25, 0.3) is 10.0 Å². The van der Waals surface area contributed by atoms with Gasteiger partial charge in [-0.1, -0.05) is 34.8 Å². The molecule has 1 aromatic heterocycles. The Morgan fingerprint density at radius 2 is 1.91 bits per heavy atom. The Labute approximate surface area is 202 Å². The quantitative estimate of drug-likeness (QED) is 0.481. The maximum Gasteiger partial charge on any atom is 0.266 e. The van der Waals surface area contributed by atoms with Crippen LogP contribution >= 0.6 is 46.3 Å². The summed E-state index contributed by atoms with van der Waals surface area (Å²) in [5, 5.41) is 0.547. The molecule has 2 aromatic carbocycles. The summed E-state index contributed by atoms with van der Waals surface area (Å²) in [6, 6.07) is 5.22. The van der Waals surface area contributed by atoms with Crippen molar-refractivity contribution >= 4 is 73.1 Å². The molecule has 32 heavy (non-hydrogen) atoms. The van der Waals surface area contributed by atoms with Crippen molar-refractivity contribution in [2.75, 3.05) is 9.62 Å². The van der Waals surface area contributed by atoms with Gasteiger partial charge in [-0.25, -0.2) is 17.8 Å². The number of fused-ring (bicyclic) bond motifs is 1. The molecule has 0 bridgehead atoms. The fourth-order valence-electron chi connectivity index (χ4n) is 3.53. The van der Waals surface area contributed by atoms with E-state index in [1.807, 2.05) is 0 Å². The number of hydrogen-bond acceptors (Lipinski definition) is 6. The zero-order valence-corrected chi connectivity index (χ0v) is 20.4. The minimum atomic E-state index is -4.28. The predicted molar refractivity (Wildman–Crippen MR) is 123 cm³/mol. The molecule has 1 amide bonds. The Balaban J connectivity index is 1.70. The van der Waals surface area contributed by atoms with Crippen LogP contribution in [0.15, 0.2) is 35.5 Å². The highest BCUT2D eigenvalue weighted by Gasteiger charge is 2.46. The van der Waals surface area contributed by atoms with E-state index in [0.717, 1.165) is 23.7 Å². The Bertz CT molecular complexity index is 1350. The maximum absolute atomic E-state index is 14.8. The van der Waals surface area contributed by atoms with Crippen LogP contribution in [0.2, 0.25) is 15.1 Å². The van der Waals surface area contributed by atoms with Gasteiger partial charge in [0.05, 0.1) is 22.0 Å². The van der Waals surface area contributed by atoms with Crippen molar-refractivity contribution < 1.29 is 17.6 Å². The van der Waals surface area contributed by atoms with Crippen molar-refractivity contribution in [3.8, 4) is 0 Å². The summed E-state index contributed by atoms with van der Waals surface area (Å²) in [7, 11) is -4.28.